The number of nitrogens with one attached hydrogen (secondary N) is 1. The molecule has 0 saturated heterocycles. The second-order valence-electron chi connectivity index (χ2n) is 6.73. The molecule has 0 radical (unpaired) electrons. The normalized spacial score (nSPS) is 22.8. The van der Waals surface area contributed by atoms with E-state index in [2.05, 4.69) is 19.2 Å². The highest BCUT2D eigenvalue weighted by Crippen LogP contribution is 2.29. The molecule has 1 saturated carbocycles. The molecule has 0 aromatic heterocycles. The number of amides is 1. The van der Waals surface area contributed by atoms with Gasteiger partial charge in [0.05, 0.1) is 4.92 Å². The summed E-state index contributed by atoms with van der Waals surface area (Å²) in [7, 11) is 0. The molecule has 1 aliphatic carbocycles. The SMILES string of the molecule is C[C@H]1[C@@H](NC(=O)COC(=O)/C=C/c2cccc([N+](=O)[O-])c2)CCC[C@@H]1C. The van der Waals surface area contributed by atoms with Crippen LogP contribution in [0.4, 0.5) is 5.69 Å². The number of benzene rings is 1. The maximum Gasteiger partial charge on any atom is 0.331 e. The Hall–Kier alpha value is -2.70. The summed E-state index contributed by atoms with van der Waals surface area (Å²) in [5.41, 5.74) is 0.446. The van der Waals surface area contributed by atoms with Crippen LogP contribution in [0.15, 0.2) is 30.3 Å². The molecule has 7 heteroatoms. The fourth-order valence-corrected chi connectivity index (χ4v) is 3.13. The minimum absolute atomic E-state index is 0.0595. The third-order valence-corrected chi connectivity index (χ3v) is 4.89. The number of non-ortho nitro benzene ring substituents is 1. The zero-order chi connectivity index (χ0) is 19.1. The molecular weight excluding hydrogens is 336 g/mol. The van der Waals surface area contributed by atoms with Gasteiger partial charge in [-0.2, -0.15) is 0 Å². The van der Waals surface area contributed by atoms with Gasteiger partial charge in [-0.15, -0.1) is 0 Å². The van der Waals surface area contributed by atoms with E-state index in [1.54, 1.807) is 6.07 Å². The number of hydrogen-bond acceptors (Lipinski definition) is 5. The summed E-state index contributed by atoms with van der Waals surface area (Å²) in [6, 6.07) is 6.00. The monoisotopic (exact) mass is 360 g/mol. The second kappa shape index (κ2) is 9.12. The van der Waals surface area contributed by atoms with Gasteiger partial charge in [0.2, 0.25) is 0 Å². The molecule has 1 aromatic rings. The maximum absolute atomic E-state index is 12.0. The van der Waals surface area contributed by atoms with Crippen molar-refractivity contribution in [1.82, 2.24) is 5.32 Å². The van der Waals surface area contributed by atoms with E-state index in [9.17, 15) is 19.7 Å². The van der Waals surface area contributed by atoms with Crippen LogP contribution in [0.2, 0.25) is 0 Å². The molecule has 1 amide bonds. The van der Waals surface area contributed by atoms with Crippen LogP contribution in [0.25, 0.3) is 6.08 Å². The maximum atomic E-state index is 12.0. The first-order valence-electron chi connectivity index (χ1n) is 8.75. The fraction of sp³-hybridized carbons (Fsp3) is 0.474. The summed E-state index contributed by atoms with van der Waals surface area (Å²) in [5, 5.41) is 13.7. The van der Waals surface area contributed by atoms with Crippen LogP contribution >= 0.6 is 0 Å². The van der Waals surface area contributed by atoms with Crippen molar-refractivity contribution in [2.75, 3.05) is 6.61 Å². The number of ether oxygens (including phenoxy) is 1. The lowest BCUT2D eigenvalue weighted by Gasteiger charge is -2.34. The highest BCUT2D eigenvalue weighted by atomic mass is 16.6. The van der Waals surface area contributed by atoms with Crippen LogP contribution in [0.1, 0.15) is 38.7 Å². The average Bonchev–Trinajstić information content (AvgIpc) is 2.62. The van der Waals surface area contributed by atoms with Crippen molar-refractivity contribution < 1.29 is 19.2 Å². The van der Waals surface area contributed by atoms with Gasteiger partial charge in [0.15, 0.2) is 6.61 Å². The molecule has 7 nitrogen and oxygen atoms in total. The summed E-state index contributed by atoms with van der Waals surface area (Å²) in [4.78, 5) is 33.9. The molecule has 1 N–H and O–H groups in total. The molecular formula is C19H24N2O5. The van der Waals surface area contributed by atoms with Gasteiger partial charge in [0.25, 0.3) is 11.6 Å². The van der Waals surface area contributed by atoms with Gasteiger partial charge in [-0.1, -0.05) is 38.8 Å². The van der Waals surface area contributed by atoms with Crippen LogP contribution in [0.5, 0.6) is 0 Å². The number of hydrogen-bond donors (Lipinski definition) is 1. The molecule has 0 aliphatic heterocycles. The van der Waals surface area contributed by atoms with E-state index >= 15 is 0 Å². The predicted octanol–water partition coefficient (Wildman–Crippen LogP) is 3.09. The van der Waals surface area contributed by atoms with Crippen molar-refractivity contribution in [3.8, 4) is 0 Å². The molecule has 1 aliphatic rings. The minimum atomic E-state index is -0.670. The summed E-state index contributed by atoms with van der Waals surface area (Å²) >= 11 is 0. The highest BCUT2D eigenvalue weighted by Gasteiger charge is 2.28. The summed E-state index contributed by atoms with van der Waals surface area (Å²) in [5.74, 6) is -0.0172. The fourth-order valence-electron chi connectivity index (χ4n) is 3.13. The Labute approximate surface area is 152 Å². The number of rotatable bonds is 6. The Bertz CT molecular complexity index is 701. The largest absolute Gasteiger partial charge is 0.452 e. The molecule has 0 spiro atoms. The van der Waals surface area contributed by atoms with Crippen molar-refractivity contribution >= 4 is 23.6 Å². The van der Waals surface area contributed by atoms with E-state index < -0.39 is 10.9 Å². The highest BCUT2D eigenvalue weighted by molar-refractivity contribution is 5.89. The first-order chi connectivity index (χ1) is 12.4. The van der Waals surface area contributed by atoms with Crippen LogP contribution in [-0.4, -0.2) is 29.4 Å². The van der Waals surface area contributed by atoms with Gasteiger partial charge < -0.3 is 10.1 Å². The second-order valence-corrected chi connectivity index (χ2v) is 6.73. The number of carbonyl (C=O) groups excluding carboxylic acids is 2. The lowest BCUT2D eigenvalue weighted by Crippen LogP contribution is -2.45. The lowest BCUT2D eigenvalue weighted by atomic mass is 9.78. The Morgan fingerprint density at radius 2 is 2.12 bits per heavy atom. The number of esters is 1. The van der Waals surface area contributed by atoms with Crippen LogP contribution in [0, 0.1) is 22.0 Å². The van der Waals surface area contributed by atoms with Gasteiger partial charge in [-0.05, 0) is 29.9 Å². The predicted molar refractivity (Wildman–Crippen MR) is 97.2 cm³/mol. The van der Waals surface area contributed by atoms with Gasteiger partial charge in [0, 0.05) is 24.3 Å². The molecule has 26 heavy (non-hydrogen) atoms. The van der Waals surface area contributed by atoms with Crippen molar-refractivity contribution in [2.45, 2.75) is 39.2 Å². The van der Waals surface area contributed by atoms with Crippen LogP contribution < -0.4 is 5.32 Å². The minimum Gasteiger partial charge on any atom is -0.452 e. The molecule has 140 valence electrons. The van der Waals surface area contributed by atoms with Gasteiger partial charge >= 0.3 is 5.97 Å². The number of carbonyl (C=O) groups is 2. The van der Waals surface area contributed by atoms with E-state index in [1.165, 1.54) is 30.7 Å². The third kappa shape index (κ3) is 5.68. The first kappa shape index (κ1) is 19.6. The summed E-state index contributed by atoms with van der Waals surface area (Å²) in [6.07, 6.45) is 5.76. The number of nitrogens with zero attached hydrogens (tertiary/aromatic N) is 1. The van der Waals surface area contributed by atoms with E-state index in [-0.39, 0.29) is 24.2 Å². The third-order valence-electron chi connectivity index (χ3n) is 4.89. The molecule has 1 aromatic carbocycles. The van der Waals surface area contributed by atoms with Crippen molar-refractivity contribution in [1.29, 1.82) is 0 Å². The molecule has 3 atom stereocenters. The quantitative estimate of drug-likeness (QED) is 0.364. The zero-order valence-corrected chi connectivity index (χ0v) is 15.0. The van der Waals surface area contributed by atoms with E-state index in [0.717, 1.165) is 18.9 Å². The zero-order valence-electron chi connectivity index (χ0n) is 15.0. The first-order valence-corrected chi connectivity index (χ1v) is 8.75. The average molecular weight is 360 g/mol. The Morgan fingerprint density at radius 3 is 2.85 bits per heavy atom. The standard InChI is InChI=1S/C19H24N2O5/c1-13-5-3-8-17(14(13)2)20-18(22)12-26-19(23)10-9-15-6-4-7-16(11-15)21(24)25/h4,6-7,9-11,13-14,17H,3,5,8,12H2,1-2H3,(H,20,22)/b10-9+/t13-,14+,17-/m0/s1. The van der Waals surface area contributed by atoms with Gasteiger partial charge in [0.1, 0.15) is 0 Å². The Balaban J connectivity index is 1.80. The van der Waals surface area contributed by atoms with Gasteiger partial charge in [-0.3, -0.25) is 14.9 Å². The summed E-state index contributed by atoms with van der Waals surface area (Å²) in [6.45, 7) is 3.97. The molecule has 0 unspecified atom stereocenters. The van der Waals surface area contributed by atoms with E-state index in [0.29, 0.717) is 17.4 Å². The number of nitro benzene ring substituents is 1. The lowest BCUT2D eigenvalue weighted by molar-refractivity contribution is -0.384. The molecule has 2 rings (SSSR count). The smallest absolute Gasteiger partial charge is 0.331 e. The molecule has 0 heterocycles. The Morgan fingerprint density at radius 1 is 1.35 bits per heavy atom. The van der Waals surface area contributed by atoms with Crippen molar-refractivity contribution in [3.05, 3.63) is 46.0 Å². The molecule has 0 bridgehead atoms. The van der Waals surface area contributed by atoms with Crippen LogP contribution in [0.3, 0.4) is 0 Å². The topological polar surface area (TPSA) is 98.5 Å². The van der Waals surface area contributed by atoms with Crippen LogP contribution in [-0.2, 0) is 14.3 Å². The number of nitro groups is 1. The van der Waals surface area contributed by atoms with Crippen molar-refractivity contribution in [3.63, 3.8) is 0 Å². The Kier molecular flexibility index (Phi) is 6.89. The van der Waals surface area contributed by atoms with E-state index in [1.807, 2.05) is 0 Å². The van der Waals surface area contributed by atoms with E-state index in [4.69, 9.17) is 4.74 Å². The van der Waals surface area contributed by atoms with Gasteiger partial charge in [-0.25, -0.2) is 4.79 Å². The summed E-state index contributed by atoms with van der Waals surface area (Å²) < 4.78 is 4.94. The van der Waals surface area contributed by atoms with Crippen molar-refractivity contribution in [2.24, 2.45) is 11.8 Å². The molecule has 1 fully saturated rings.